The van der Waals surface area contributed by atoms with Gasteiger partial charge in [-0.25, -0.2) is 9.97 Å². The Hall–Kier alpha value is -2.66. The Bertz CT molecular complexity index is 754. The highest BCUT2D eigenvalue weighted by Gasteiger charge is 2.09. The zero-order valence-electron chi connectivity index (χ0n) is 10.9. The Morgan fingerprint density at radius 3 is 2.67 bits per heavy atom. The van der Waals surface area contributed by atoms with Gasteiger partial charge >= 0.3 is 0 Å². The molecule has 21 heavy (non-hydrogen) atoms. The number of aromatic nitrogens is 3. The van der Waals surface area contributed by atoms with Crippen molar-refractivity contribution in [2.45, 2.75) is 0 Å². The molecule has 2 heterocycles. The minimum atomic E-state index is -0.278. The van der Waals surface area contributed by atoms with Crippen LogP contribution in [0.4, 0.5) is 5.69 Å². The molecule has 2 aromatic heterocycles. The van der Waals surface area contributed by atoms with Crippen molar-refractivity contribution >= 4 is 23.2 Å². The number of anilines is 1. The number of pyridine rings is 1. The second-order valence-electron chi connectivity index (χ2n) is 4.31. The summed E-state index contributed by atoms with van der Waals surface area (Å²) in [4.78, 5) is 20.5. The average molecular weight is 299 g/mol. The smallest absolute Gasteiger partial charge is 0.274 e. The number of halogens is 1. The Morgan fingerprint density at radius 1 is 1.14 bits per heavy atom. The molecule has 0 aliphatic heterocycles. The summed E-state index contributed by atoms with van der Waals surface area (Å²) < 4.78 is 1.74. The number of amides is 1. The number of nitrogens with zero attached hydrogens (tertiary/aromatic N) is 3. The Morgan fingerprint density at radius 2 is 1.95 bits per heavy atom. The van der Waals surface area contributed by atoms with E-state index in [0.29, 0.717) is 22.2 Å². The van der Waals surface area contributed by atoms with Crippen LogP contribution < -0.4 is 5.32 Å². The highest BCUT2D eigenvalue weighted by molar-refractivity contribution is 6.30. The van der Waals surface area contributed by atoms with Gasteiger partial charge in [0.05, 0.1) is 0 Å². The number of carbonyl (C=O) groups excluding carboxylic acids is 1. The molecule has 1 amide bonds. The minimum absolute atomic E-state index is 0.278. The number of imidazole rings is 1. The molecule has 0 saturated carbocycles. The van der Waals surface area contributed by atoms with Gasteiger partial charge in [0.1, 0.15) is 17.8 Å². The Balaban J connectivity index is 1.81. The maximum absolute atomic E-state index is 12.2. The number of hydrogen-bond acceptors (Lipinski definition) is 3. The van der Waals surface area contributed by atoms with E-state index in [0.717, 1.165) is 0 Å². The molecule has 3 aromatic rings. The van der Waals surface area contributed by atoms with Crippen molar-refractivity contribution in [2.24, 2.45) is 0 Å². The van der Waals surface area contributed by atoms with E-state index in [1.165, 1.54) is 0 Å². The van der Waals surface area contributed by atoms with Crippen LogP contribution in [-0.4, -0.2) is 20.4 Å². The maximum atomic E-state index is 12.2. The second-order valence-corrected chi connectivity index (χ2v) is 4.75. The molecule has 0 fully saturated rings. The van der Waals surface area contributed by atoms with Crippen LogP contribution in [0, 0.1) is 0 Å². The molecule has 0 saturated heterocycles. The predicted molar refractivity (Wildman–Crippen MR) is 80.8 cm³/mol. The van der Waals surface area contributed by atoms with E-state index < -0.39 is 0 Å². The van der Waals surface area contributed by atoms with E-state index in [2.05, 4.69) is 15.3 Å². The normalized spacial score (nSPS) is 10.3. The third kappa shape index (κ3) is 3.09. The van der Waals surface area contributed by atoms with Crippen LogP contribution >= 0.6 is 11.6 Å². The second kappa shape index (κ2) is 5.76. The van der Waals surface area contributed by atoms with Gasteiger partial charge in [0.25, 0.3) is 5.91 Å². The quantitative estimate of drug-likeness (QED) is 0.808. The first-order valence-corrected chi connectivity index (χ1v) is 6.62. The van der Waals surface area contributed by atoms with Gasteiger partial charge in [0.2, 0.25) is 0 Å². The predicted octanol–water partition coefficient (Wildman–Crippen LogP) is 3.17. The molecule has 0 spiro atoms. The van der Waals surface area contributed by atoms with Crippen molar-refractivity contribution in [3.63, 3.8) is 0 Å². The van der Waals surface area contributed by atoms with Crippen molar-refractivity contribution < 1.29 is 4.79 Å². The highest BCUT2D eigenvalue weighted by Crippen LogP contribution is 2.14. The zero-order valence-corrected chi connectivity index (χ0v) is 11.7. The molecular weight excluding hydrogens is 288 g/mol. The summed E-state index contributed by atoms with van der Waals surface area (Å²) in [5, 5.41) is 3.39. The summed E-state index contributed by atoms with van der Waals surface area (Å²) in [7, 11) is 0. The van der Waals surface area contributed by atoms with Gasteiger partial charge in [0.15, 0.2) is 0 Å². The van der Waals surface area contributed by atoms with Crippen molar-refractivity contribution in [3.8, 4) is 5.82 Å². The van der Waals surface area contributed by atoms with Crippen LogP contribution in [0.3, 0.4) is 0 Å². The third-order valence-electron chi connectivity index (χ3n) is 2.84. The number of carbonyl (C=O) groups is 1. The summed E-state index contributed by atoms with van der Waals surface area (Å²) in [6.45, 7) is 0. The summed E-state index contributed by atoms with van der Waals surface area (Å²) in [6, 6.07) is 12.1. The van der Waals surface area contributed by atoms with Gasteiger partial charge in [-0.1, -0.05) is 17.7 Å². The Kier molecular flexibility index (Phi) is 3.66. The molecule has 5 nitrogen and oxygen atoms in total. The number of hydrogen-bond donors (Lipinski definition) is 1. The monoisotopic (exact) mass is 298 g/mol. The van der Waals surface area contributed by atoms with Crippen molar-refractivity contribution in [1.29, 1.82) is 0 Å². The lowest BCUT2D eigenvalue weighted by Crippen LogP contribution is -2.14. The van der Waals surface area contributed by atoms with E-state index in [9.17, 15) is 4.79 Å². The summed E-state index contributed by atoms with van der Waals surface area (Å²) in [6.07, 6.45) is 5.05. The Labute approximate surface area is 126 Å². The number of nitrogens with one attached hydrogen (secondary N) is 1. The summed E-state index contributed by atoms with van der Waals surface area (Å²) in [5.41, 5.74) is 0.996. The molecule has 6 heteroatoms. The number of benzene rings is 1. The largest absolute Gasteiger partial charge is 0.321 e. The zero-order chi connectivity index (χ0) is 14.7. The van der Waals surface area contributed by atoms with Crippen LogP contribution in [0.25, 0.3) is 5.82 Å². The molecule has 1 N–H and O–H groups in total. The van der Waals surface area contributed by atoms with E-state index in [1.807, 2.05) is 0 Å². The van der Waals surface area contributed by atoms with Gasteiger partial charge in [-0.05, 0) is 36.4 Å². The molecule has 0 radical (unpaired) electrons. The highest BCUT2D eigenvalue weighted by atomic mass is 35.5. The molecule has 0 aliphatic rings. The molecule has 0 bridgehead atoms. The average Bonchev–Trinajstić information content (AvgIpc) is 3.04. The number of rotatable bonds is 3. The van der Waals surface area contributed by atoms with Crippen molar-refractivity contribution in [3.05, 3.63) is 71.9 Å². The minimum Gasteiger partial charge on any atom is -0.321 e. The van der Waals surface area contributed by atoms with Crippen LogP contribution in [-0.2, 0) is 0 Å². The van der Waals surface area contributed by atoms with Crippen LogP contribution in [0.5, 0.6) is 0 Å². The fourth-order valence-electron chi connectivity index (χ4n) is 1.82. The first kappa shape index (κ1) is 13.3. The van der Waals surface area contributed by atoms with E-state index in [1.54, 1.807) is 65.8 Å². The maximum Gasteiger partial charge on any atom is 0.274 e. The van der Waals surface area contributed by atoms with Gasteiger partial charge in [0, 0.05) is 23.1 Å². The molecular formula is C15H11ClN4O. The summed E-state index contributed by atoms with van der Waals surface area (Å²) >= 11 is 5.81. The lowest BCUT2D eigenvalue weighted by atomic mass is 10.3. The van der Waals surface area contributed by atoms with Gasteiger partial charge < -0.3 is 5.32 Å². The van der Waals surface area contributed by atoms with Crippen molar-refractivity contribution in [2.75, 3.05) is 5.32 Å². The van der Waals surface area contributed by atoms with Crippen LogP contribution in [0.15, 0.2) is 61.2 Å². The standard InChI is InChI=1S/C15H11ClN4O/c16-11-4-6-12(7-5-11)18-15(21)13-2-1-3-14(19-13)20-9-8-17-10-20/h1-10H,(H,18,21). The molecule has 0 aliphatic carbocycles. The lowest BCUT2D eigenvalue weighted by Gasteiger charge is -2.06. The first-order valence-electron chi connectivity index (χ1n) is 6.25. The van der Waals surface area contributed by atoms with Gasteiger partial charge in [-0.2, -0.15) is 0 Å². The molecule has 0 atom stereocenters. The van der Waals surface area contributed by atoms with E-state index in [-0.39, 0.29) is 5.91 Å². The van der Waals surface area contributed by atoms with Gasteiger partial charge in [-0.15, -0.1) is 0 Å². The van der Waals surface area contributed by atoms with Crippen LogP contribution in [0.2, 0.25) is 5.02 Å². The van der Waals surface area contributed by atoms with Crippen molar-refractivity contribution in [1.82, 2.24) is 14.5 Å². The topological polar surface area (TPSA) is 59.8 Å². The van der Waals surface area contributed by atoms with E-state index in [4.69, 9.17) is 11.6 Å². The molecule has 104 valence electrons. The summed E-state index contributed by atoms with van der Waals surface area (Å²) in [5.74, 6) is 0.357. The molecule has 1 aromatic carbocycles. The SMILES string of the molecule is O=C(Nc1ccc(Cl)cc1)c1cccc(-n2ccnc2)n1. The fourth-order valence-corrected chi connectivity index (χ4v) is 1.94. The molecule has 3 rings (SSSR count). The third-order valence-corrected chi connectivity index (χ3v) is 3.09. The lowest BCUT2D eigenvalue weighted by molar-refractivity contribution is 0.102. The molecule has 0 unspecified atom stereocenters. The van der Waals surface area contributed by atoms with Gasteiger partial charge in [-0.3, -0.25) is 9.36 Å². The van der Waals surface area contributed by atoms with E-state index >= 15 is 0 Å². The fraction of sp³-hybridized carbons (Fsp3) is 0. The van der Waals surface area contributed by atoms with Crippen LogP contribution in [0.1, 0.15) is 10.5 Å². The first-order chi connectivity index (χ1) is 10.2.